The van der Waals surface area contributed by atoms with Crippen molar-refractivity contribution in [3.05, 3.63) is 102 Å². The molecule has 4 heteroatoms. The van der Waals surface area contributed by atoms with Gasteiger partial charge in [0.15, 0.2) is 0 Å². The first-order valence-electron chi connectivity index (χ1n) is 11.0. The van der Waals surface area contributed by atoms with Crippen molar-refractivity contribution in [3.63, 3.8) is 0 Å². The van der Waals surface area contributed by atoms with E-state index < -0.39 is 11.5 Å². The number of benzene rings is 3. The van der Waals surface area contributed by atoms with Crippen molar-refractivity contribution in [2.45, 2.75) is 43.7 Å². The Hall–Kier alpha value is -3.40. The average Bonchev–Trinajstić information content (AvgIpc) is 3.28. The zero-order valence-corrected chi connectivity index (χ0v) is 17.5. The van der Waals surface area contributed by atoms with Crippen LogP contribution in [0, 0.1) is 0 Å². The van der Waals surface area contributed by atoms with Crippen LogP contribution in [0.1, 0.15) is 53.1 Å². The Bertz CT molecular complexity index is 1090. The van der Waals surface area contributed by atoms with Crippen LogP contribution >= 0.6 is 0 Å². The molecule has 1 aliphatic heterocycles. The van der Waals surface area contributed by atoms with Gasteiger partial charge in [-0.25, -0.2) is 0 Å². The van der Waals surface area contributed by atoms with Crippen LogP contribution in [0.5, 0.6) is 0 Å². The molecule has 1 atom stereocenters. The molecule has 31 heavy (non-hydrogen) atoms. The van der Waals surface area contributed by atoms with E-state index in [1.807, 2.05) is 89.8 Å². The predicted molar refractivity (Wildman–Crippen MR) is 122 cm³/mol. The quantitative estimate of drug-likeness (QED) is 0.654. The molecule has 2 amide bonds. The normalized spacial score (nSPS) is 19.3. The van der Waals surface area contributed by atoms with Crippen molar-refractivity contribution in [1.29, 1.82) is 0 Å². The number of nitrogens with zero attached hydrogens (tertiary/aromatic N) is 1. The lowest BCUT2D eigenvalue weighted by Crippen LogP contribution is -2.61. The van der Waals surface area contributed by atoms with Crippen LogP contribution in [0.25, 0.3) is 0 Å². The van der Waals surface area contributed by atoms with Crippen LogP contribution in [0.15, 0.2) is 84.9 Å². The SMILES string of the molecule is O=C(NCc1ccccc1)C1c2ccccc2C(=O)N(c2ccccc2)C12CCCC2. The number of carbonyl (C=O) groups excluding carboxylic acids is 2. The minimum atomic E-state index is -0.534. The van der Waals surface area contributed by atoms with Crippen LogP contribution in [0.3, 0.4) is 0 Å². The Balaban J connectivity index is 1.59. The first-order valence-corrected chi connectivity index (χ1v) is 11.0. The molecule has 3 aromatic rings. The van der Waals surface area contributed by atoms with E-state index in [0.717, 1.165) is 42.5 Å². The summed E-state index contributed by atoms with van der Waals surface area (Å²) < 4.78 is 0. The average molecular weight is 411 g/mol. The third-order valence-corrected chi connectivity index (χ3v) is 6.74. The zero-order valence-electron chi connectivity index (χ0n) is 17.5. The summed E-state index contributed by atoms with van der Waals surface area (Å²) in [5.74, 6) is -0.407. The number of hydrogen-bond acceptors (Lipinski definition) is 2. The molecule has 1 heterocycles. The molecule has 156 valence electrons. The van der Waals surface area contributed by atoms with E-state index in [1.54, 1.807) is 0 Å². The summed E-state index contributed by atoms with van der Waals surface area (Å²) in [6.45, 7) is 0.480. The Morgan fingerprint density at radius 1 is 0.871 bits per heavy atom. The molecule has 0 radical (unpaired) electrons. The highest BCUT2D eigenvalue weighted by molar-refractivity contribution is 6.12. The maximum atomic E-state index is 13.7. The second kappa shape index (κ2) is 8.03. The fraction of sp³-hybridized carbons (Fsp3) is 0.259. The van der Waals surface area contributed by atoms with Crippen molar-refractivity contribution in [3.8, 4) is 0 Å². The predicted octanol–water partition coefficient (Wildman–Crippen LogP) is 5.06. The van der Waals surface area contributed by atoms with E-state index in [2.05, 4.69) is 5.32 Å². The summed E-state index contributed by atoms with van der Waals surface area (Å²) in [5, 5.41) is 3.17. The van der Waals surface area contributed by atoms with Gasteiger partial charge in [0.2, 0.25) is 5.91 Å². The lowest BCUT2D eigenvalue weighted by Gasteiger charge is -2.50. The van der Waals surface area contributed by atoms with Crippen LogP contribution in [0.2, 0.25) is 0 Å². The largest absolute Gasteiger partial charge is 0.351 e. The molecule has 0 saturated heterocycles. The van der Waals surface area contributed by atoms with E-state index in [1.165, 1.54) is 0 Å². The number of rotatable bonds is 4. The topological polar surface area (TPSA) is 49.4 Å². The lowest BCUT2D eigenvalue weighted by molar-refractivity contribution is -0.124. The number of anilines is 1. The Morgan fingerprint density at radius 3 is 2.19 bits per heavy atom. The molecule has 2 aliphatic rings. The number of fused-ring (bicyclic) bond motifs is 1. The highest BCUT2D eigenvalue weighted by Crippen LogP contribution is 2.51. The minimum Gasteiger partial charge on any atom is -0.351 e. The van der Waals surface area contributed by atoms with Crippen LogP contribution in [-0.4, -0.2) is 17.4 Å². The molecule has 1 saturated carbocycles. The van der Waals surface area contributed by atoms with Crippen molar-refractivity contribution in [2.24, 2.45) is 0 Å². The molecule has 0 aromatic heterocycles. The number of para-hydroxylation sites is 1. The van der Waals surface area contributed by atoms with Crippen molar-refractivity contribution in [2.75, 3.05) is 4.90 Å². The third-order valence-electron chi connectivity index (χ3n) is 6.74. The molecule has 0 bridgehead atoms. The second-order valence-corrected chi connectivity index (χ2v) is 8.51. The minimum absolute atomic E-state index is 0.00388. The molecular formula is C27H26N2O2. The summed E-state index contributed by atoms with van der Waals surface area (Å²) in [6.07, 6.45) is 3.68. The van der Waals surface area contributed by atoms with Crippen molar-refractivity contribution < 1.29 is 9.59 Å². The monoisotopic (exact) mass is 410 g/mol. The van der Waals surface area contributed by atoms with Gasteiger partial charge in [-0.3, -0.25) is 9.59 Å². The number of hydrogen-bond donors (Lipinski definition) is 1. The molecule has 3 aromatic carbocycles. The van der Waals surface area contributed by atoms with Gasteiger partial charge in [-0.05, 0) is 42.2 Å². The summed E-state index contributed by atoms with van der Waals surface area (Å²) in [6, 6.07) is 27.4. The number of nitrogens with one attached hydrogen (secondary N) is 1. The molecule has 1 fully saturated rings. The van der Waals surface area contributed by atoms with Gasteiger partial charge < -0.3 is 10.2 Å². The van der Waals surface area contributed by atoms with Crippen LogP contribution < -0.4 is 10.2 Å². The van der Waals surface area contributed by atoms with E-state index in [-0.39, 0.29) is 11.8 Å². The third kappa shape index (κ3) is 3.32. The second-order valence-electron chi connectivity index (χ2n) is 8.51. The van der Waals surface area contributed by atoms with E-state index in [0.29, 0.717) is 12.1 Å². The molecular weight excluding hydrogens is 384 g/mol. The van der Waals surface area contributed by atoms with Gasteiger partial charge in [0.25, 0.3) is 5.91 Å². The van der Waals surface area contributed by atoms with E-state index >= 15 is 0 Å². The molecule has 1 spiro atoms. The fourth-order valence-corrected chi connectivity index (χ4v) is 5.41. The first kappa shape index (κ1) is 19.6. The van der Waals surface area contributed by atoms with Gasteiger partial charge in [0.05, 0.1) is 11.5 Å². The molecule has 5 rings (SSSR count). The van der Waals surface area contributed by atoms with Crippen LogP contribution in [0.4, 0.5) is 5.69 Å². The van der Waals surface area contributed by atoms with Gasteiger partial charge in [0, 0.05) is 17.8 Å². The van der Waals surface area contributed by atoms with Gasteiger partial charge in [-0.2, -0.15) is 0 Å². The van der Waals surface area contributed by atoms with Crippen molar-refractivity contribution in [1.82, 2.24) is 5.32 Å². The fourth-order valence-electron chi connectivity index (χ4n) is 5.41. The molecule has 1 unspecified atom stereocenters. The van der Waals surface area contributed by atoms with Gasteiger partial charge in [-0.15, -0.1) is 0 Å². The van der Waals surface area contributed by atoms with E-state index in [9.17, 15) is 9.59 Å². The standard InChI is InChI=1S/C27H26N2O2/c30-25(28-19-20-11-3-1-4-12-20)24-22-15-7-8-16-23(22)26(31)29(21-13-5-2-6-14-21)27(24)17-9-10-18-27/h1-8,11-16,24H,9-10,17-19H2,(H,28,30). The molecule has 1 aliphatic carbocycles. The number of carbonyl (C=O) groups is 2. The highest BCUT2D eigenvalue weighted by atomic mass is 16.2. The van der Waals surface area contributed by atoms with Crippen molar-refractivity contribution >= 4 is 17.5 Å². The smallest absolute Gasteiger partial charge is 0.259 e. The molecule has 1 N–H and O–H groups in total. The van der Waals surface area contributed by atoms with Gasteiger partial charge in [-0.1, -0.05) is 79.6 Å². The molecule has 4 nitrogen and oxygen atoms in total. The van der Waals surface area contributed by atoms with E-state index in [4.69, 9.17) is 0 Å². The summed E-state index contributed by atoms with van der Waals surface area (Å²) in [4.78, 5) is 29.4. The Morgan fingerprint density at radius 2 is 1.48 bits per heavy atom. The number of amides is 2. The summed E-state index contributed by atoms with van der Waals surface area (Å²) in [5.41, 5.74) is 2.88. The summed E-state index contributed by atoms with van der Waals surface area (Å²) in [7, 11) is 0. The van der Waals surface area contributed by atoms with Gasteiger partial charge >= 0.3 is 0 Å². The maximum Gasteiger partial charge on any atom is 0.259 e. The maximum absolute atomic E-state index is 13.7. The zero-order chi connectivity index (χ0) is 21.3. The summed E-state index contributed by atoms with van der Waals surface area (Å²) >= 11 is 0. The van der Waals surface area contributed by atoms with Crippen LogP contribution in [-0.2, 0) is 11.3 Å². The lowest BCUT2D eigenvalue weighted by atomic mass is 9.70. The van der Waals surface area contributed by atoms with Gasteiger partial charge in [0.1, 0.15) is 0 Å². The Kier molecular flexibility index (Phi) is 5.06. The Labute approximate surface area is 182 Å². The first-order chi connectivity index (χ1) is 15.2. The highest BCUT2D eigenvalue weighted by Gasteiger charge is 2.56.